The molecule has 2 heterocycles. The van der Waals surface area contributed by atoms with Gasteiger partial charge in [-0.15, -0.1) is 10.2 Å². The lowest BCUT2D eigenvalue weighted by Gasteiger charge is -2.26. The van der Waals surface area contributed by atoms with Crippen molar-refractivity contribution in [1.29, 1.82) is 0 Å². The van der Waals surface area contributed by atoms with E-state index in [1.54, 1.807) is 0 Å². The number of hydrogen-bond acceptors (Lipinski definition) is 5. The molecule has 5 nitrogen and oxygen atoms in total. The van der Waals surface area contributed by atoms with Crippen LogP contribution in [0.15, 0.2) is 66.7 Å². The zero-order valence-electron chi connectivity index (χ0n) is 17.4. The Labute approximate surface area is 178 Å². The summed E-state index contributed by atoms with van der Waals surface area (Å²) in [5, 5.41) is 8.49. The Morgan fingerprint density at radius 3 is 2.30 bits per heavy atom. The van der Waals surface area contributed by atoms with Crippen LogP contribution in [-0.2, 0) is 6.61 Å². The van der Waals surface area contributed by atoms with Crippen LogP contribution in [0.1, 0.15) is 31.2 Å². The van der Waals surface area contributed by atoms with Crippen molar-refractivity contribution in [3.05, 3.63) is 72.3 Å². The van der Waals surface area contributed by atoms with Gasteiger partial charge >= 0.3 is 0 Å². The zero-order valence-corrected chi connectivity index (χ0v) is 17.4. The highest BCUT2D eigenvalue weighted by Crippen LogP contribution is 2.22. The first kappa shape index (κ1) is 20.4. The van der Waals surface area contributed by atoms with E-state index in [9.17, 15) is 0 Å². The van der Waals surface area contributed by atoms with E-state index in [-0.39, 0.29) is 0 Å². The van der Waals surface area contributed by atoms with Crippen LogP contribution in [-0.4, -0.2) is 41.3 Å². The summed E-state index contributed by atoms with van der Waals surface area (Å²) in [5.41, 5.74) is 2.94. The molecule has 0 bridgehead atoms. The standard InChI is InChI=1S/C25H29N3O2/c1-3-8-21(9-4-1)20-30-25-15-14-24(26-27-25)22-10-12-23(13-11-22)29-19-7-18-28-16-5-2-6-17-28/h1,3-4,8-15H,2,5-7,16-20H2. The number of benzene rings is 2. The Bertz CT molecular complexity index is 877. The molecule has 156 valence electrons. The molecule has 1 fully saturated rings. The van der Waals surface area contributed by atoms with Crippen molar-refractivity contribution in [1.82, 2.24) is 15.1 Å². The predicted molar refractivity (Wildman–Crippen MR) is 119 cm³/mol. The van der Waals surface area contributed by atoms with E-state index in [1.165, 1.54) is 32.4 Å². The van der Waals surface area contributed by atoms with Gasteiger partial charge in [0.05, 0.1) is 12.3 Å². The highest BCUT2D eigenvalue weighted by atomic mass is 16.5. The zero-order chi connectivity index (χ0) is 20.4. The topological polar surface area (TPSA) is 47.5 Å². The van der Waals surface area contributed by atoms with Gasteiger partial charge in [0.2, 0.25) is 5.88 Å². The quantitative estimate of drug-likeness (QED) is 0.472. The molecule has 3 aromatic rings. The lowest BCUT2D eigenvalue weighted by molar-refractivity contribution is 0.205. The van der Waals surface area contributed by atoms with Gasteiger partial charge in [0, 0.05) is 18.2 Å². The van der Waals surface area contributed by atoms with E-state index < -0.39 is 0 Å². The molecule has 1 aromatic heterocycles. The van der Waals surface area contributed by atoms with Crippen molar-refractivity contribution in [3.8, 4) is 22.9 Å². The summed E-state index contributed by atoms with van der Waals surface area (Å²) in [7, 11) is 0. The molecule has 30 heavy (non-hydrogen) atoms. The van der Waals surface area contributed by atoms with Crippen LogP contribution in [0.3, 0.4) is 0 Å². The van der Waals surface area contributed by atoms with Gasteiger partial charge in [-0.05, 0) is 68.2 Å². The Morgan fingerprint density at radius 1 is 0.767 bits per heavy atom. The van der Waals surface area contributed by atoms with E-state index in [4.69, 9.17) is 9.47 Å². The van der Waals surface area contributed by atoms with Gasteiger partial charge in [0.15, 0.2) is 0 Å². The van der Waals surface area contributed by atoms with Gasteiger partial charge in [-0.1, -0.05) is 36.8 Å². The Kier molecular flexibility index (Phi) is 7.29. The fraction of sp³-hybridized carbons (Fsp3) is 0.360. The minimum Gasteiger partial charge on any atom is -0.494 e. The normalized spacial score (nSPS) is 14.4. The summed E-state index contributed by atoms with van der Waals surface area (Å²) >= 11 is 0. The second kappa shape index (κ2) is 10.7. The van der Waals surface area contributed by atoms with Crippen molar-refractivity contribution in [2.75, 3.05) is 26.2 Å². The summed E-state index contributed by atoms with van der Waals surface area (Å²) < 4.78 is 11.6. The van der Waals surface area contributed by atoms with Gasteiger partial charge in [0.1, 0.15) is 12.4 Å². The maximum Gasteiger partial charge on any atom is 0.233 e. The third-order valence-corrected chi connectivity index (χ3v) is 5.36. The van der Waals surface area contributed by atoms with Crippen molar-refractivity contribution in [3.63, 3.8) is 0 Å². The minimum atomic E-state index is 0.485. The number of piperidine rings is 1. The molecule has 4 rings (SSSR count). The summed E-state index contributed by atoms with van der Waals surface area (Å²) in [6, 6.07) is 21.9. The molecule has 2 aromatic carbocycles. The molecule has 1 aliphatic heterocycles. The first-order valence-electron chi connectivity index (χ1n) is 10.8. The summed E-state index contributed by atoms with van der Waals surface area (Å²) in [5.74, 6) is 1.42. The lowest BCUT2D eigenvalue weighted by atomic mass is 10.1. The molecule has 1 aliphatic rings. The van der Waals surface area contributed by atoms with Gasteiger partial charge in [-0.3, -0.25) is 0 Å². The minimum absolute atomic E-state index is 0.485. The van der Waals surface area contributed by atoms with Crippen LogP contribution >= 0.6 is 0 Å². The fourth-order valence-corrected chi connectivity index (χ4v) is 3.67. The largest absolute Gasteiger partial charge is 0.494 e. The third kappa shape index (κ3) is 6.04. The highest BCUT2D eigenvalue weighted by Gasteiger charge is 2.09. The van der Waals surface area contributed by atoms with E-state index in [1.807, 2.05) is 66.7 Å². The van der Waals surface area contributed by atoms with Crippen LogP contribution in [0.25, 0.3) is 11.3 Å². The number of ether oxygens (including phenoxy) is 2. The molecular weight excluding hydrogens is 374 g/mol. The molecule has 0 unspecified atom stereocenters. The maximum atomic E-state index is 5.90. The molecule has 0 amide bonds. The SMILES string of the molecule is c1ccc(COc2ccc(-c3ccc(OCCCN4CCCCC4)cc3)nn2)cc1. The first-order chi connectivity index (χ1) is 14.9. The molecule has 1 saturated heterocycles. The third-order valence-electron chi connectivity index (χ3n) is 5.36. The van der Waals surface area contributed by atoms with Crippen molar-refractivity contribution < 1.29 is 9.47 Å². The summed E-state index contributed by atoms with van der Waals surface area (Å²) in [6.07, 6.45) is 5.13. The Balaban J connectivity index is 1.23. The van der Waals surface area contributed by atoms with E-state index in [2.05, 4.69) is 15.1 Å². The molecule has 0 radical (unpaired) electrons. The molecule has 0 atom stereocenters. The van der Waals surface area contributed by atoms with Crippen molar-refractivity contribution >= 4 is 0 Å². The second-order valence-corrected chi connectivity index (χ2v) is 7.66. The molecule has 0 N–H and O–H groups in total. The predicted octanol–water partition coefficient (Wildman–Crippen LogP) is 4.98. The summed E-state index contributed by atoms with van der Waals surface area (Å²) in [4.78, 5) is 2.54. The Hall–Kier alpha value is -2.92. The smallest absolute Gasteiger partial charge is 0.233 e. The van der Waals surface area contributed by atoms with E-state index >= 15 is 0 Å². The van der Waals surface area contributed by atoms with Crippen LogP contribution < -0.4 is 9.47 Å². The average molecular weight is 404 g/mol. The second-order valence-electron chi connectivity index (χ2n) is 7.66. The molecule has 5 heteroatoms. The number of nitrogens with zero attached hydrogens (tertiary/aromatic N) is 3. The van der Waals surface area contributed by atoms with Crippen molar-refractivity contribution in [2.24, 2.45) is 0 Å². The van der Waals surface area contributed by atoms with Gasteiger partial charge in [-0.2, -0.15) is 0 Å². The number of rotatable bonds is 9. The summed E-state index contributed by atoms with van der Waals surface area (Å²) in [6.45, 7) is 4.85. The number of aromatic nitrogens is 2. The van der Waals surface area contributed by atoms with Crippen LogP contribution in [0.4, 0.5) is 0 Å². The monoisotopic (exact) mass is 403 g/mol. The lowest BCUT2D eigenvalue weighted by Crippen LogP contribution is -2.31. The van der Waals surface area contributed by atoms with E-state index in [0.717, 1.165) is 42.1 Å². The maximum absolute atomic E-state index is 5.90. The number of hydrogen-bond donors (Lipinski definition) is 0. The highest BCUT2D eigenvalue weighted by molar-refractivity contribution is 5.59. The fourth-order valence-electron chi connectivity index (χ4n) is 3.67. The Morgan fingerprint density at radius 2 is 1.57 bits per heavy atom. The average Bonchev–Trinajstić information content (AvgIpc) is 2.83. The van der Waals surface area contributed by atoms with Gasteiger partial charge < -0.3 is 14.4 Å². The van der Waals surface area contributed by atoms with Crippen LogP contribution in [0, 0.1) is 0 Å². The molecular formula is C25H29N3O2. The van der Waals surface area contributed by atoms with Crippen LogP contribution in [0.2, 0.25) is 0 Å². The van der Waals surface area contributed by atoms with Crippen molar-refractivity contribution in [2.45, 2.75) is 32.3 Å². The molecule has 0 aliphatic carbocycles. The number of likely N-dealkylation sites (tertiary alicyclic amines) is 1. The molecule has 0 saturated carbocycles. The van der Waals surface area contributed by atoms with Gasteiger partial charge in [-0.25, -0.2) is 0 Å². The van der Waals surface area contributed by atoms with Crippen LogP contribution in [0.5, 0.6) is 11.6 Å². The van der Waals surface area contributed by atoms with E-state index in [0.29, 0.717) is 12.5 Å². The molecule has 0 spiro atoms. The first-order valence-corrected chi connectivity index (χ1v) is 10.8. The van der Waals surface area contributed by atoms with Gasteiger partial charge in [0.25, 0.3) is 0 Å².